The molecule has 2 aliphatic carbocycles. The first-order valence-electron chi connectivity index (χ1n) is 7.16. The highest BCUT2D eigenvalue weighted by Crippen LogP contribution is 2.34. The van der Waals surface area contributed by atoms with Crippen molar-refractivity contribution in [2.75, 3.05) is 13.1 Å². The summed E-state index contributed by atoms with van der Waals surface area (Å²) in [7, 11) is 0. The van der Waals surface area contributed by atoms with Crippen LogP contribution >= 0.6 is 0 Å². The van der Waals surface area contributed by atoms with Gasteiger partial charge in [-0.05, 0) is 43.4 Å². The van der Waals surface area contributed by atoms with E-state index in [4.69, 9.17) is 5.73 Å². The second-order valence-corrected chi connectivity index (χ2v) is 6.04. The summed E-state index contributed by atoms with van der Waals surface area (Å²) in [5.41, 5.74) is 6.07. The van der Waals surface area contributed by atoms with Crippen LogP contribution in [0, 0.1) is 17.8 Å². The smallest absolute Gasteiger partial charge is 0.239 e. The first-order valence-corrected chi connectivity index (χ1v) is 7.16. The first kappa shape index (κ1) is 12.9. The van der Waals surface area contributed by atoms with E-state index in [2.05, 4.69) is 18.7 Å². The normalized spacial score (nSPS) is 23.2. The van der Waals surface area contributed by atoms with Crippen molar-refractivity contribution in [3.05, 3.63) is 0 Å². The predicted octanol–water partition coefficient (Wildman–Crippen LogP) is 2.01. The van der Waals surface area contributed by atoms with Crippen LogP contribution in [-0.2, 0) is 4.79 Å². The number of nitrogens with zero attached hydrogens (tertiary/aromatic N) is 1. The Bertz CT molecular complexity index is 257. The van der Waals surface area contributed by atoms with Crippen LogP contribution in [0.3, 0.4) is 0 Å². The zero-order valence-electron chi connectivity index (χ0n) is 11.2. The summed E-state index contributed by atoms with van der Waals surface area (Å²) in [4.78, 5) is 14.4. The van der Waals surface area contributed by atoms with Gasteiger partial charge in [-0.3, -0.25) is 4.79 Å². The second-order valence-electron chi connectivity index (χ2n) is 6.04. The molecule has 3 nitrogen and oxygen atoms in total. The summed E-state index contributed by atoms with van der Waals surface area (Å²) < 4.78 is 0. The molecule has 0 spiro atoms. The Hall–Kier alpha value is -0.570. The van der Waals surface area contributed by atoms with Gasteiger partial charge in [0.05, 0.1) is 6.04 Å². The fraction of sp³-hybridized carbons (Fsp3) is 0.929. The fourth-order valence-corrected chi connectivity index (χ4v) is 2.19. The second kappa shape index (κ2) is 5.38. The third kappa shape index (κ3) is 3.70. The van der Waals surface area contributed by atoms with Gasteiger partial charge in [0, 0.05) is 13.1 Å². The van der Waals surface area contributed by atoms with Crippen LogP contribution in [0.4, 0.5) is 0 Å². The minimum atomic E-state index is -0.294. The van der Waals surface area contributed by atoms with Crippen LogP contribution in [0.25, 0.3) is 0 Å². The van der Waals surface area contributed by atoms with E-state index in [0.717, 1.165) is 31.3 Å². The van der Waals surface area contributed by atoms with Crippen molar-refractivity contribution >= 4 is 5.91 Å². The molecule has 2 N–H and O–H groups in total. The molecule has 17 heavy (non-hydrogen) atoms. The molecule has 0 aromatic rings. The number of carbonyl (C=O) groups is 1. The lowest BCUT2D eigenvalue weighted by Crippen LogP contribution is -2.48. The summed E-state index contributed by atoms with van der Waals surface area (Å²) in [6.07, 6.45) is 6.17. The predicted molar refractivity (Wildman–Crippen MR) is 69.5 cm³/mol. The molecule has 2 fully saturated rings. The number of carbonyl (C=O) groups excluding carboxylic acids is 1. The molecule has 2 aliphatic rings. The number of rotatable bonds is 7. The fourth-order valence-electron chi connectivity index (χ4n) is 2.19. The molecule has 0 aliphatic heterocycles. The highest BCUT2D eigenvalue weighted by atomic mass is 16.2. The summed E-state index contributed by atoms with van der Waals surface area (Å²) in [5, 5.41) is 0. The number of hydrogen-bond acceptors (Lipinski definition) is 2. The van der Waals surface area contributed by atoms with E-state index in [-0.39, 0.29) is 11.9 Å². The summed E-state index contributed by atoms with van der Waals surface area (Å²) in [5.74, 6) is 2.02. The zero-order valence-corrected chi connectivity index (χ0v) is 11.2. The van der Waals surface area contributed by atoms with E-state index >= 15 is 0 Å². The van der Waals surface area contributed by atoms with Crippen LogP contribution in [0.1, 0.15) is 46.0 Å². The van der Waals surface area contributed by atoms with Crippen molar-refractivity contribution in [3.8, 4) is 0 Å². The lowest BCUT2D eigenvalue weighted by atomic mass is 9.98. The van der Waals surface area contributed by atoms with E-state index < -0.39 is 0 Å². The maximum atomic E-state index is 12.4. The van der Waals surface area contributed by atoms with Crippen LogP contribution in [0.15, 0.2) is 0 Å². The van der Waals surface area contributed by atoms with Gasteiger partial charge in [0.15, 0.2) is 0 Å². The van der Waals surface area contributed by atoms with Crippen molar-refractivity contribution in [1.82, 2.24) is 4.90 Å². The quantitative estimate of drug-likeness (QED) is 0.737. The zero-order chi connectivity index (χ0) is 12.4. The molecule has 0 aromatic heterocycles. The lowest BCUT2D eigenvalue weighted by Gasteiger charge is -2.28. The highest BCUT2D eigenvalue weighted by molar-refractivity contribution is 5.82. The van der Waals surface area contributed by atoms with Gasteiger partial charge in [0.2, 0.25) is 5.91 Å². The standard InChI is InChI=1S/C14H26N2O/c1-3-10(2)13(15)14(17)16(8-11-4-5-11)9-12-6-7-12/h10-13H,3-9,15H2,1-2H3/t10?,13-/m0/s1. The SMILES string of the molecule is CCC(C)[C@H](N)C(=O)N(CC1CC1)CC1CC1. The van der Waals surface area contributed by atoms with Gasteiger partial charge in [-0.2, -0.15) is 0 Å². The molecule has 2 saturated carbocycles. The molecular weight excluding hydrogens is 212 g/mol. The van der Waals surface area contributed by atoms with Gasteiger partial charge in [-0.15, -0.1) is 0 Å². The van der Waals surface area contributed by atoms with Gasteiger partial charge in [0.1, 0.15) is 0 Å². The third-order valence-corrected chi connectivity index (χ3v) is 4.20. The lowest BCUT2D eigenvalue weighted by molar-refractivity contribution is -0.134. The maximum Gasteiger partial charge on any atom is 0.239 e. The molecule has 98 valence electrons. The molecule has 0 bridgehead atoms. The summed E-state index contributed by atoms with van der Waals surface area (Å²) >= 11 is 0. The van der Waals surface area contributed by atoms with Gasteiger partial charge >= 0.3 is 0 Å². The van der Waals surface area contributed by atoms with Crippen LogP contribution in [0.5, 0.6) is 0 Å². The van der Waals surface area contributed by atoms with Gasteiger partial charge < -0.3 is 10.6 Å². The Morgan fingerprint density at radius 3 is 2.06 bits per heavy atom. The molecule has 2 rings (SSSR count). The average Bonchev–Trinajstić information content (AvgIpc) is 3.19. The van der Waals surface area contributed by atoms with Crippen LogP contribution in [0.2, 0.25) is 0 Å². The minimum absolute atomic E-state index is 0.193. The van der Waals surface area contributed by atoms with Crippen molar-refractivity contribution < 1.29 is 4.79 Å². The van der Waals surface area contributed by atoms with Gasteiger partial charge in [-0.25, -0.2) is 0 Å². The molecule has 0 radical (unpaired) electrons. The molecular formula is C14H26N2O. The van der Waals surface area contributed by atoms with E-state index in [1.165, 1.54) is 25.7 Å². The Morgan fingerprint density at radius 2 is 1.71 bits per heavy atom. The molecule has 1 amide bonds. The topological polar surface area (TPSA) is 46.3 Å². The number of hydrogen-bond donors (Lipinski definition) is 1. The van der Waals surface area contributed by atoms with E-state index in [9.17, 15) is 4.79 Å². The first-order chi connectivity index (χ1) is 8.11. The van der Waals surface area contributed by atoms with Gasteiger partial charge in [0.25, 0.3) is 0 Å². The van der Waals surface area contributed by atoms with Crippen molar-refractivity contribution in [1.29, 1.82) is 0 Å². The number of nitrogens with two attached hydrogens (primary N) is 1. The van der Waals surface area contributed by atoms with E-state index in [0.29, 0.717) is 5.92 Å². The molecule has 0 aromatic carbocycles. The largest absolute Gasteiger partial charge is 0.341 e. The Labute approximate surface area is 105 Å². The van der Waals surface area contributed by atoms with Crippen molar-refractivity contribution in [3.63, 3.8) is 0 Å². The maximum absolute atomic E-state index is 12.4. The van der Waals surface area contributed by atoms with Gasteiger partial charge in [-0.1, -0.05) is 20.3 Å². The Kier molecular flexibility index (Phi) is 4.08. The van der Waals surface area contributed by atoms with E-state index in [1.54, 1.807) is 0 Å². The molecule has 0 saturated heterocycles. The molecule has 3 heteroatoms. The number of amides is 1. The Morgan fingerprint density at radius 1 is 1.24 bits per heavy atom. The highest BCUT2D eigenvalue weighted by Gasteiger charge is 2.34. The summed E-state index contributed by atoms with van der Waals surface area (Å²) in [6.45, 7) is 6.10. The van der Waals surface area contributed by atoms with Crippen LogP contribution < -0.4 is 5.73 Å². The molecule has 2 atom stereocenters. The Balaban J connectivity index is 1.89. The summed E-state index contributed by atoms with van der Waals surface area (Å²) in [6, 6.07) is -0.294. The molecule has 0 heterocycles. The van der Waals surface area contributed by atoms with E-state index in [1.807, 2.05) is 0 Å². The monoisotopic (exact) mass is 238 g/mol. The third-order valence-electron chi connectivity index (χ3n) is 4.20. The van der Waals surface area contributed by atoms with Crippen molar-refractivity contribution in [2.24, 2.45) is 23.5 Å². The van der Waals surface area contributed by atoms with Crippen LogP contribution in [-0.4, -0.2) is 29.9 Å². The average molecular weight is 238 g/mol. The molecule has 1 unspecified atom stereocenters. The minimum Gasteiger partial charge on any atom is -0.341 e. The van der Waals surface area contributed by atoms with Crippen molar-refractivity contribution in [2.45, 2.75) is 52.0 Å².